The van der Waals surface area contributed by atoms with E-state index in [4.69, 9.17) is 10.8 Å². The number of aliphatic hydroxyl groups is 1. The quantitative estimate of drug-likeness (QED) is 0.530. The van der Waals surface area contributed by atoms with Crippen LogP contribution in [0, 0.1) is 0 Å². The van der Waals surface area contributed by atoms with Crippen molar-refractivity contribution in [2.45, 2.75) is 13.0 Å². The van der Waals surface area contributed by atoms with Crippen molar-refractivity contribution in [2.24, 2.45) is 5.73 Å². The lowest BCUT2D eigenvalue weighted by atomic mass is 10.4. The number of nitrogens with zero attached hydrogens (tertiary/aromatic N) is 2. The molecule has 0 aromatic rings. The Kier molecular flexibility index (Phi) is 9.86. The second-order valence-electron chi connectivity index (χ2n) is 4.45. The fourth-order valence-electron chi connectivity index (χ4n) is 1.32. The van der Waals surface area contributed by atoms with E-state index in [2.05, 4.69) is 29.2 Å². The fourth-order valence-corrected chi connectivity index (χ4v) is 1.32. The summed E-state index contributed by atoms with van der Waals surface area (Å²) >= 11 is 0. The SMILES string of the molecule is CC(O)CNCCN.CN1CCN(C)CC1. The van der Waals surface area contributed by atoms with Gasteiger partial charge in [-0.05, 0) is 21.0 Å². The molecule has 1 aliphatic heterocycles. The molecular formula is C11H28N4O. The minimum absolute atomic E-state index is 0.262. The van der Waals surface area contributed by atoms with Gasteiger partial charge >= 0.3 is 0 Å². The van der Waals surface area contributed by atoms with Crippen molar-refractivity contribution >= 4 is 0 Å². The second-order valence-corrected chi connectivity index (χ2v) is 4.45. The maximum atomic E-state index is 8.68. The molecule has 0 amide bonds. The van der Waals surface area contributed by atoms with E-state index in [0.29, 0.717) is 13.1 Å². The predicted molar refractivity (Wildman–Crippen MR) is 68.6 cm³/mol. The third kappa shape index (κ3) is 10.3. The van der Waals surface area contributed by atoms with E-state index in [9.17, 15) is 0 Å². The Morgan fingerprint density at radius 1 is 1.19 bits per heavy atom. The van der Waals surface area contributed by atoms with Gasteiger partial charge in [-0.25, -0.2) is 0 Å². The lowest BCUT2D eigenvalue weighted by Gasteiger charge is -2.28. The molecule has 16 heavy (non-hydrogen) atoms. The number of likely N-dealkylation sites (N-methyl/N-ethyl adjacent to an activating group) is 2. The van der Waals surface area contributed by atoms with Crippen molar-refractivity contribution in [1.82, 2.24) is 15.1 Å². The molecule has 5 heteroatoms. The van der Waals surface area contributed by atoms with Crippen LogP contribution in [0.15, 0.2) is 0 Å². The molecular weight excluding hydrogens is 204 g/mol. The lowest BCUT2D eigenvalue weighted by Crippen LogP contribution is -2.42. The highest BCUT2D eigenvalue weighted by Gasteiger charge is 2.07. The maximum absolute atomic E-state index is 8.68. The highest BCUT2D eigenvalue weighted by Crippen LogP contribution is 1.93. The van der Waals surface area contributed by atoms with Gasteiger partial charge < -0.3 is 26.0 Å². The number of nitrogens with one attached hydrogen (secondary N) is 1. The standard InChI is InChI=1S/C6H14N2.C5H14N2O/c1-7-3-5-8(2)6-4-7;1-5(8)4-7-3-2-6/h3-6H2,1-2H3;5,7-8H,2-4,6H2,1H3. The highest BCUT2D eigenvalue weighted by molar-refractivity contribution is 4.64. The van der Waals surface area contributed by atoms with E-state index in [1.807, 2.05) is 0 Å². The predicted octanol–water partition coefficient (Wildman–Crippen LogP) is -1.22. The van der Waals surface area contributed by atoms with Gasteiger partial charge in [-0.2, -0.15) is 0 Å². The van der Waals surface area contributed by atoms with Gasteiger partial charge in [0.2, 0.25) is 0 Å². The molecule has 4 N–H and O–H groups in total. The van der Waals surface area contributed by atoms with E-state index in [-0.39, 0.29) is 6.10 Å². The van der Waals surface area contributed by atoms with Crippen molar-refractivity contribution in [2.75, 3.05) is 59.9 Å². The summed E-state index contributed by atoms with van der Waals surface area (Å²) in [5.74, 6) is 0. The zero-order valence-electron chi connectivity index (χ0n) is 10.9. The minimum Gasteiger partial charge on any atom is -0.392 e. The topological polar surface area (TPSA) is 64.8 Å². The van der Waals surface area contributed by atoms with Crippen LogP contribution in [0.25, 0.3) is 0 Å². The molecule has 5 nitrogen and oxygen atoms in total. The molecule has 1 atom stereocenters. The molecule has 1 fully saturated rings. The van der Waals surface area contributed by atoms with Crippen molar-refractivity contribution in [3.63, 3.8) is 0 Å². The molecule has 1 heterocycles. The first-order valence-electron chi connectivity index (χ1n) is 6.02. The van der Waals surface area contributed by atoms with Crippen LogP contribution in [-0.2, 0) is 0 Å². The number of hydrogen-bond donors (Lipinski definition) is 3. The van der Waals surface area contributed by atoms with Crippen LogP contribution in [0.2, 0.25) is 0 Å². The van der Waals surface area contributed by atoms with E-state index in [1.165, 1.54) is 26.2 Å². The first kappa shape index (κ1) is 15.8. The van der Waals surface area contributed by atoms with Crippen LogP contribution in [0.3, 0.4) is 0 Å². The van der Waals surface area contributed by atoms with E-state index < -0.39 is 0 Å². The van der Waals surface area contributed by atoms with Crippen LogP contribution < -0.4 is 11.1 Å². The van der Waals surface area contributed by atoms with Crippen LogP contribution in [0.4, 0.5) is 0 Å². The van der Waals surface area contributed by atoms with Gasteiger partial charge in [-0.1, -0.05) is 0 Å². The van der Waals surface area contributed by atoms with Gasteiger partial charge in [0.15, 0.2) is 0 Å². The molecule has 0 spiro atoms. The van der Waals surface area contributed by atoms with Crippen LogP contribution in [-0.4, -0.2) is 80.9 Å². The monoisotopic (exact) mass is 232 g/mol. The fraction of sp³-hybridized carbons (Fsp3) is 1.00. The Labute approximate surface area is 99.6 Å². The lowest BCUT2D eigenvalue weighted by molar-refractivity contribution is 0.181. The third-order valence-corrected chi connectivity index (χ3v) is 2.49. The van der Waals surface area contributed by atoms with Crippen LogP contribution in [0.5, 0.6) is 0 Å². The van der Waals surface area contributed by atoms with Crippen LogP contribution in [0.1, 0.15) is 6.92 Å². The first-order chi connectivity index (χ1) is 7.56. The van der Waals surface area contributed by atoms with Gasteiger partial charge in [-0.3, -0.25) is 0 Å². The van der Waals surface area contributed by atoms with Gasteiger partial charge in [0.25, 0.3) is 0 Å². The summed E-state index contributed by atoms with van der Waals surface area (Å²) in [4.78, 5) is 4.72. The van der Waals surface area contributed by atoms with Gasteiger partial charge in [0.1, 0.15) is 0 Å². The van der Waals surface area contributed by atoms with Crippen molar-refractivity contribution in [3.8, 4) is 0 Å². The van der Waals surface area contributed by atoms with Crippen molar-refractivity contribution in [3.05, 3.63) is 0 Å². The normalized spacial score (nSPS) is 20.1. The first-order valence-corrected chi connectivity index (χ1v) is 6.02. The number of rotatable bonds is 4. The molecule has 1 rings (SSSR count). The molecule has 0 aliphatic carbocycles. The summed E-state index contributed by atoms with van der Waals surface area (Å²) in [6.07, 6.45) is -0.262. The Hall–Kier alpha value is -0.200. The van der Waals surface area contributed by atoms with Crippen molar-refractivity contribution < 1.29 is 5.11 Å². The largest absolute Gasteiger partial charge is 0.392 e. The molecule has 1 saturated heterocycles. The Morgan fingerprint density at radius 3 is 1.94 bits per heavy atom. The smallest absolute Gasteiger partial charge is 0.0636 e. The molecule has 1 unspecified atom stereocenters. The average Bonchev–Trinajstić information content (AvgIpc) is 2.23. The van der Waals surface area contributed by atoms with Gasteiger partial charge in [0, 0.05) is 45.8 Å². The summed E-state index contributed by atoms with van der Waals surface area (Å²) in [6, 6.07) is 0. The average molecular weight is 232 g/mol. The summed E-state index contributed by atoms with van der Waals surface area (Å²) in [7, 11) is 4.35. The summed E-state index contributed by atoms with van der Waals surface area (Å²) < 4.78 is 0. The van der Waals surface area contributed by atoms with Crippen molar-refractivity contribution in [1.29, 1.82) is 0 Å². The Bertz CT molecular complexity index is 137. The van der Waals surface area contributed by atoms with Crippen LogP contribution >= 0.6 is 0 Å². The zero-order valence-corrected chi connectivity index (χ0v) is 10.9. The molecule has 0 bridgehead atoms. The summed E-state index contributed by atoms with van der Waals surface area (Å²) in [5, 5.41) is 11.6. The number of piperazine rings is 1. The molecule has 0 saturated carbocycles. The van der Waals surface area contributed by atoms with Gasteiger partial charge in [0.05, 0.1) is 6.10 Å². The zero-order chi connectivity index (χ0) is 12.4. The minimum atomic E-state index is -0.262. The second kappa shape index (κ2) is 9.99. The molecule has 98 valence electrons. The van der Waals surface area contributed by atoms with E-state index >= 15 is 0 Å². The number of nitrogens with two attached hydrogens (primary N) is 1. The number of hydrogen-bond acceptors (Lipinski definition) is 5. The Morgan fingerprint density at radius 2 is 1.62 bits per heavy atom. The summed E-state index contributed by atoms with van der Waals surface area (Å²) in [5.41, 5.74) is 5.17. The Balaban J connectivity index is 0.000000281. The maximum Gasteiger partial charge on any atom is 0.0636 e. The van der Waals surface area contributed by atoms with E-state index in [1.54, 1.807) is 6.92 Å². The van der Waals surface area contributed by atoms with Gasteiger partial charge in [-0.15, -0.1) is 0 Å². The summed E-state index contributed by atoms with van der Waals surface area (Å²) in [6.45, 7) is 8.72. The third-order valence-electron chi connectivity index (χ3n) is 2.49. The number of aliphatic hydroxyl groups excluding tert-OH is 1. The molecule has 0 aromatic carbocycles. The highest BCUT2D eigenvalue weighted by atomic mass is 16.3. The molecule has 0 aromatic heterocycles. The van der Waals surface area contributed by atoms with E-state index in [0.717, 1.165) is 6.54 Å². The molecule has 1 aliphatic rings. The molecule has 0 radical (unpaired) electrons.